The van der Waals surface area contributed by atoms with Gasteiger partial charge in [0.05, 0.1) is 11.2 Å². The average Bonchev–Trinajstić information content (AvgIpc) is 3.62. The highest BCUT2D eigenvalue weighted by Gasteiger charge is 2.52. The summed E-state index contributed by atoms with van der Waals surface area (Å²) in [6.45, 7) is 8.21. The summed E-state index contributed by atoms with van der Waals surface area (Å²) in [7, 11) is -0.508. The lowest BCUT2D eigenvalue weighted by molar-refractivity contribution is 0.00578. The number of hydrogen-bond donors (Lipinski definition) is 0. The van der Waals surface area contributed by atoms with Crippen molar-refractivity contribution in [3.05, 3.63) is 72.8 Å². The van der Waals surface area contributed by atoms with Crippen molar-refractivity contribution < 1.29 is 22.6 Å². The molecule has 4 aromatic carbocycles. The van der Waals surface area contributed by atoms with Crippen LogP contribution in [0.15, 0.2) is 86.0 Å². The Morgan fingerprint density at radius 2 is 1.34 bits per heavy atom. The van der Waals surface area contributed by atoms with E-state index >= 15 is 0 Å². The van der Waals surface area contributed by atoms with E-state index in [4.69, 9.17) is 27.5 Å². The normalized spacial score (nSPS) is 17.1. The highest BCUT2D eigenvalue weighted by Crippen LogP contribution is 2.39. The van der Waals surface area contributed by atoms with Crippen molar-refractivity contribution in [1.29, 1.82) is 0 Å². The first-order chi connectivity index (χ1) is 18.3. The summed E-state index contributed by atoms with van der Waals surface area (Å²) in [5.41, 5.74) is 5.54. The van der Waals surface area contributed by atoms with Gasteiger partial charge in [-0.3, -0.25) is 0 Å². The molecule has 7 aromatic rings. The van der Waals surface area contributed by atoms with Gasteiger partial charge in [-0.1, -0.05) is 36.4 Å². The number of oxazole rings is 1. The fourth-order valence-electron chi connectivity index (χ4n) is 5.38. The molecule has 0 bridgehead atoms. The minimum absolute atomic E-state index is 0.433. The van der Waals surface area contributed by atoms with E-state index in [1.165, 1.54) is 0 Å². The molecule has 0 N–H and O–H groups in total. The molecule has 8 rings (SSSR count). The number of rotatable bonds is 2. The molecule has 6 nitrogen and oxygen atoms in total. The molecule has 0 unspecified atom stereocenters. The number of benzene rings is 4. The van der Waals surface area contributed by atoms with Gasteiger partial charge < -0.3 is 22.6 Å². The molecule has 1 fully saturated rings. The van der Waals surface area contributed by atoms with Gasteiger partial charge in [-0.25, -0.2) is 4.98 Å². The molecule has 0 radical (unpaired) electrons. The van der Waals surface area contributed by atoms with Gasteiger partial charge in [0, 0.05) is 38.6 Å². The number of aromatic nitrogens is 1. The van der Waals surface area contributed by atoms with E-state index in [2.05, 4.69) is 45.9 Å². The van der Waals surface area contributed by atoms with Crippen LogP contribution >= 0.6 is 0 Å². The molecule has 7 heteroatoms. The van der Waals surface area contributed by atoms with E-state index in [0.29, 0.717) is 11.5 Å². The molecule has 1 aliphatic rings. The van der Waals surface area contributed by atoms with E-state index in [9.17, 15) is 0 Å². The fraction of sp³-hybridized carbons (Fsp3) is 0.194. The van der Waals surface area contributed by atoms with Crippen molar-refractivity contribution in [3.8, 4) is 11.5 Å². The number of furan rings is 2. The summed E-state index contributed by atoms with van der Waals surface area (Å²) < 4.78 is 31.2. The van der Waals surface area contributed by atoms with Crippen molar-refractivity contribution in [1.82, 2.24) is 4.98 Å². The van der Waals surface area contributed by atoms with Gasteiger partial charge in [0.2, 0.25) is 5.89 Å². The Morgan fingerprint density at radius 1 is 0.605 bits per heavy atom. The van der Waals surface area contributed by atoms with E-state index in [1.54, 1.807) is 0 Å². The summed E-state index contributed by atoms with van der Waals surface area (Å²) in [4.78, 5) is 4.84. The highest BCUT2D eigenvalue weighted by atomic mass is 16.7. The molecule has 0 amide bonds. The molecule has 186 valence electrons. The summed E-state index contributed by atoms with van der Waals surface area (Å²) >= 11 is 0. The van der Waals surface area contributed by atoms with Crippen LogP contribution in [-0.4, -0.2) is 23.3 Å². The molecule has 3 aromatic heterocycles. The highest BCUT2D eigenvalue weighted by molar-refractivity contribution is 6.65. The lowest BCUT2D eigenvalue weighted by Gasteiger charge is -2.32. The molecule has 0 spiro atoms. The minimum atomic E-state index is -0.508. The van der Waals surface area contributed by atoms with E-state index in [1.807, 2.05) is 54.6 Å². The standard InChI is InChI=1S/C31H24BNO5/c1-30(2)31(3,4)38-32(37-30)22-10-7-9-19-21-15-23-27(16-26(21)35-28(19)22)36-29(33-23)17-12-13-25-20(14-17)18-8-5-6-11-24(18)34-25/h5-16H,1-4H3. The van der Waals surface area contributed by atoms with Gasteiger partial charge >= 0.3 is 7.12 Å². The zero-order valence-corrected chi connectivity index (χ0v) is 21.5. The van der Waals surface area contributed by atoms with Crippen LogP contribution in [-0.2, 0) is 9.31 Å². The smallest absolute Gasteiger partial charge is 0.456 e. The third-order valence-electron chi connectivity index (χ3n) is 8.17. The number of nitrogens with zero attached hydrogens (tertiary/aromatic N) is 1. The summed E-state index contributed by atoms with van der Waals surface area (Å²) in [5, 5.41) is 4.07. The second-order valence-corrected chi connectivity index (χ2v) is 11.1. The van der Waals surface area contributed by atoms with Crippen LogP contribution < -0.4 is 5.46 Å². The Morgan fingerprint density at radius 3 is 2.18 bits per heavy atom. The summed E-state index contributed by atoms with van der Waals surface area (Å²) in [6, 6.07) is 24.1. The Kier molecular flexibility index (Phi) is 4.21. The summed E-state index contributed by atoms with van der Waals surface area (Å²) in [6.07, 6.45) is 0. The first kappa shape index (κ1) is 22.0. The molecule has 38 heavy (non-hydrogen) atoms. The third-order valence-corrected chi connectivity index (χ3v) is 8.17. The second kappa shape index (κ2) is 7.28. The van der Waals surface area contributed by atoms with Crippen molar-refractivity contribution >= 4 is 67.6 Å². The molecule has 0 aliphatic carbocycles. The SMILES string of the molecule is CC1(C)OB(c2cccc3c2oc2cc4oc(-c5ccc6oc7ccccc7c6c5)nc4cc23)OC1(C)C. The topological polar surface area (TPSA) is 70.8 Å². The van der Waals surface area contributed by atoms with Gasteiger partial charge in [-0.05, 0) is 58.0 Å². The molecule has 1 saturated heterocycles. The monoisotopic (exact) mass is 501 g/mol. The lowest BCUT2D eigenvalue weighted by atomic mass is 9.78. The molecule has 0 saturated carbocycles. The predicted molar refractivity (Wildman–Crippen MR) is 150 cm³/mol. The van der Waals surface area contributed by atoms with Crippen LogP contribution in [0, 0.1) is 0 Å². The van der Waals surface area contributed by atoms with Crippen LogP contribution in [0.5, 0.6) is 0 Å². The maximum atomic E-state index is 6.39. The van der Waals surface area contributed by atoms with Gasteiger partial charge in [0.15, 0.2) is 5.58 Å². The van der Waals surface area contributed by atoms with Crippen LogP contribution in [0.25, 0.3) is 66.4 Å². The quantitative estimate of drug-likeness (QED) is 0.227. The average molecular weight is 501 g/mol. The van der Waals surface area contributed by atoms with Crippen LogP contribution in [0.2, 0.25) is 0 Å². The Labute approximate surface area is 218 Å². The largest absolute Gasteiger partial charge is 0.498 e. The van der Waals surface area contributed by atoms with Gasteiger partial charge in [-0.2, -0.15) is 0 Å². The van der Waals surface area contributed by atoms with Crippen LogP contribution in [0.1, 0.15) is 27.7 Å². The molecule has 4 heterocycles. The Hall–Kier alpha value is -4.07. The van der Waals surface area contributed by atoms with Gasteiger partial charge in [0.25, 0.3) is 0 Å². The number of para-hydroxylation sites is 2. The van der Waals surface area contributed by atoms with Gasteiger partial charge in [-0.15, -0.1) is 0 Å². The van der Waals surface area contributed by atoms with Crippen LogP contribution in [0.3, 0.4) is 0 Å². The lowest BCUT2D eigenvalue weighted by Crippen LogP contribution is -2.41. The third kappa shape index (κ3) is 3.00. The van der Waals surface area contributed by atoms with Crippen LogP contribution in [0.4, 0.5) is 0 Å². The zero-order valence-electron chi connectivity index (χ0n) is 21.5. The van der Waals surface area contributed by atoms with Crippen molar-refractivity contribution in [3.63, 3.8) is 0 Å². The minimum Gasteiger partial charge on any atom is -0.456 e. The summed E-state index contributed by atoms with van der Waals surface area (Å²) in [5.74, 6) is 0.557. The molecule has 0 atom stereocenters. The maximum absolute atomic E-state index is 6.39. The molecular weight excluding hydrogens is 477 g/mol. The Bertz CT molecular complexity index is 2050. The number of hydrogen-bond acceptors (Lipinski definition) is 6. The Balaban J connectivity index is 1.24. The van der Waals surface area contributed by atoms with E-state index in [-0.39, 0.29) is 0 Å². The van der Waals surface area contributed by atoms with E-state index < -0.39 is 18.3 Å². The molecular formula is C31H24BNO5. The zero-order chi connectivity index (χ0) is 25.8. The first-order valence-corrected chi connectivity index (χ1v) is 12.8. The predicted octanol–water partition coefficient (Wildman–Crippen LogP) is 7.59. The maximum Gasteiger partial charge on any atom is 0.498 e. The number of fused-ring (bicyclic) bond motifs is 7. The molecule has 1 aliphatic heterocycles. The second-order valence-electron chi connectivity index (χ2n) is 11.1. The van der Waals surface area contributed by atoms with Crippen molar-refractivity contribution in [2.24, 2.45) is 0 Å². The first-order valence-electron chi connectivity index (χ1n) is 12.8. The fourth-order valence-corrected chi connectivity index (χ4v) is 5.38. The van der Waals surface area contributed by atoms with E-state index in [0.717, 1.165) is 60.4 Å². The van der Waals surface area contributed by atoms with Crippen molar-refractivity contribution in [2.45, 2.75) is 38.9 Å². The van der Waals surface area contributed by atoms with Gasteiger partial charge in [0.1, 0.15) is 27.8 Å². The van der Waals surface area contributed by atoms with Crippen molar-refractivity contribution in [2.75, 3.05) is 0 Å².